The van der Waals surface area contributed by atoms with E-state index in [1.54, 1.807) is 55.6 Å². The monoisotopic (exact) mass is 604 g/mol. The Labute approximate surface area is 245 Å². The number of ketones is 2. The molecule has 3 aliphatic heterocycles. The van der Waals surface area contributed by atoms with Gasteiger partial charge in [0.2, 0.25) is 5.91 Å². The molecular weight excluding hydrogens is 580 g/mol. The molecule has 1 spiro atoms. The molecule has 202 valence electrons. The van der Waals surface area contributed by atoms with Gasteiger partial charge in [-0.1, -0.05) is 82.7 Å². The Bertz CT molecular complexity index is 1760. The van der Waals surface area contributed by atoms with Gasteiger partial charge in [0.1, 0.15) is 17.2 Å². The van der Waals surface area contributed by atoms with Gasteiger partial charge in [-0.2, -0.15) is 0 Å². The summed E-state index contributed by atoms with van der Waals surface area (Å²) in [5, 5.41) is 3.08. The van der Waals surface area contributed by atoms with Crippen molar-refractivity contribution in [2.24, 2.45) is 5.92 Å². The third kappa shape index (κ3) is 3.65. The van der Waals surface area contributed by atoms with Crippen LogP contribution in [-0.2, 0) is 10.2 Å². The molecule has 1 amide bonds. The van der Waals surface area contributed by atoms with Gasteiger partial charge in [0, 0.05) is 27.5 Å². The highest BCUT2D eigenvalue weighted by molar-refractivity contribution is 9.10. The summed E-state index contributed by atoms with van der Waals surface area (Å²) in [5.74, 6) is -1.27. The zero-order chi connectivity index (χ0) is 28.3. The lowest BCUT2D eigenvalue weighted by Crippen LogP contribution is -2.49. The minimum absolute atomic E-state index is 0.248. The molecule has 7 rings (SSSR count). The quantitative estimate of drug-likeness (QED) is 0.265. The summed E-state index contributed by atoms with van der Waals surface area (Å²) in [6.07, 6.45) is 3.83. The number of Topliss-reactive ketones (excluding diaryl/α,β-unsaturated/α-hetero) is 2. The molecule has 0 aromatic heterocycles. The molecular formula is C34H25BrN2O4. The first-order valence-electron chi connectivity index (χ1n) is 13.4. The van der Waals surface area contributed by atoms with E-state index in [4.69, 9.17) is 4.74 Å². The lowest BCUT2D eigenvalue weighted by molar-refractivity contribution is -0.122. The van der Waals surface area contributed by atoms with E-state index in [-0.39, 0.29) is 17.5 Å². The Morgan fingerprint density at radius 2 is 1.63 bits per heavy atom. The van der Waals surface area contributed by atoms with Gasteiger partial charge in [0.15, 0.2) is 11.6 Å². The number of ether oxygens (including phenoxy) is 1. The summed E-state index contributed by atoms with van der Waals surface area (Å²) in [5.41, 5.74) is 2.73. The molecule has 1 fully saturated rings. The van der Waals surface area contributed by atoms with Crippen LogP contribution in [0.4, 0.5) is 5.69 Å². The maximum atomic E-state index is 14.8. The molecule has 7 heteroatoms. The van der Waals surface area contributed by atoms with Crippen molar-refractivity contribution < 1.29 is 19.1 Å². The number of rotatable bonds is 5. The highest BCUT2D eigenvalue weighted by atomic mass is 79.9. The minimum atomic E-state index is -1.36. The fourth-order valence-electron chi connectivity index (χ4n) is 6.91. The van der Waals surface area contributed by atoms with E-state index >= 15 is 0 Å². The number of hydrogen-bond donors (Lipinski definition) is 1. The predicted molar refractivity (Wildman–Crippen MR) is 160 cm³/mol. The Morgan fingerprint density at radius 1 is 0.878 bits per heavy atom. The second-order valence-electron chi connectivity index (χ2n) is 10.6. The van der Waals surface area contributed by atoms with Crippen LogP contribution in [0, 0.1) is 5.92 Å². The van der Waals surface area contributed by atoms with Crippen molar-refractivity contribution in [2.45, 2.75) is 17.5 Å². The number of carbonyl (C=O) groups is 3. The Morgan fingerprint density at radius 3 is 2.44 bits per heavy atom. The molecule has 4 aromatic rings. The average molecular weight is 605 g/mol. The summed E-state index contributed by atoms with van der Waals surface area (Å²) in [6, 6.07) is 27.9. The predicted octanol–water partition coefficient (Wildman–Crippen LogP) is 6.44. The fraction of sp³-hybridized carbons (Fsp3) is 0.147. The van der Waals surface area contributed by atoms with Crippen molar-refractivity contribution in [3.05, 3.63) is 136 Å². The maximum absolute atomic E-state index is 14.8. The third-order valence-electron chi connectivity index (χ3n) is 8.60. The van der Waals surface area contributed by atoms with Crippen LogP contribution in [0.2, 0.25) is 0 Å². The third-order valence-corrected chi connectivity index (χ3v) is 9.13. The van der Waals surface area contributed by atoms with Crippen molar-refractivity contribution in [3.8, 4) is 5.75 Å². The summed E-state index contributed by atoms with van der Waals surface area (Å²) in [4.78, 5) is 45.8. The number of nitrogens with zero attached hydrogens (tertiary/aromatic N) is 1. The summed E-state index contributed by atoms with van der Waals surface area (Å²) >= 11 is 3.46. The molecule has 0 radical (unpaired) electrons. The number of nitrogens with one attached hydrogen (secondary N) is 1. The molecule has 41 heavy (non-hydrogen) atoms. The highest BCUT2D eigenvalue weighted by Crippen LogP contribution is 2.62. The first-order valence-corrected chi connectivity index (χ1v) is 14.2. The smallest absolute Gasteiger partial charge is 0.238 e. The standard InChI is InChI=1S/C34H25BrN2O4/c1-41-24-9-6-8-22(19-24)31(39)29-28(30(38)21-13-15-23(35)16-14-21)34(26-11-4-5-12-27(26)36-33(34)40)32-25-10-3-2-7-20(25)17-18-37(29)32/h2-19,28-29,32H,1H3,(H,36,40). The van der Waals surface area contributed by atoms with Crippen LogP contribution in [0.15, 0.2) is 108 Å². The van der Waals surface area contributed by atoms with Gasteiger partial charge >= 0.3 is 0 Å². The first-order chi connectivity index (χ1) is 19.9. The van der Waals surface area contributed by atoms with Crippen molar-refractivity contribution in [1.29, 1.82) is 0 Å². The van der Waals surface area contributed by atoms with Gasteiger partial charge in [-0.05, 0) is 53.1 Å². The van der Waals surface area contributed by atoms with Crippen LogP contribution < -0.4 is 10.1 Å². The molecule has 3 heterocycles. The lowest BCUT2D eigenvalue weighted by Gasteiger charge is -2.38. The Balaban J connectivity index is 1.53. The number of methoxy groups -OCH3 is 1. The van der Waals surface area contributed by atoms with E-state index in [0.717, 1.165) is 21.2 Å². The zero-order valence-corrected chi connectivity index (χ0v) is 23.7. The van der Waals surface area contributed by atoms with E-state index in [1.165, 1.54) is 0 Å². The van der Waals surface area contributed by atoms with E-state index in [1.807, 2.05) is 65.7 Å². The van der Waals surface area contributed by atoms with Gasteiger partial charge in [-0.25, -0.2) is 0 Å². The van der Waals surface area contributed by atoms with Crippen molar-refractivity contribution in [1.82, 2.24) is 4.90 Å². The van der Waals surface area contributed by atoms with Crippen molar-refractivity contribution >= 4 is 45.2 Å². The van der Waals surface area contributed by atoms with Crippen LogP contribution in [0.1, 0.15) is 43.4 Å². The van der Waals surface area contributed by atoms with E-state index in [9.17, 15) is 14.4 Å². The number of hydrogen-bond acceptors (Lipinski definition) is 5. The van der Waals surface area contributed by atoms with Gasteiger partial charge in [-0.3, -0.25) is 14.4 Å². The number of amides is 1. The van der Waals surface area contributed by atoms with E-state index < -0.39 is 23.4 Å². The highest BCUT2D eigenvalue weighted by Gasteiger charge is 2.70. The molecule has 3 aliphatic rings. The fourth-order valence-corrected chi connectivity index (χ4v) is 7.17. The zero-order valence-electron chi connectivity index (χ0n) is 22.1. The maximum Gasteiger partial charge on any atom is 0.238 e. The van der Waals surface area contributed by atoms with Crippen LogP contribution in [0.25, 0.3) is 6.08 Å². The van der Waals surface area contributed by atoms with Gasteiger partial charge < -0.3 is 15.0 Å². The summed E-state index contributed by atoms with van der Waals surface area (Å²) in [7, 11) is 1.55. The molecule has 4 aromatic carbocycles. The topological polar surface area (TPSA) is 75.7 Å². The van der Waals surface area contributed by atoms with Crippen LogP contribution in [-0.4, -0.2) is 35.5 Å². The molecule has 0 bridgehead atoms. The largest absolute Gasteiger partial charge is 0.497 e. The first kappa shape index (κ1) is 25.5. The molecule has 6 nitrogen and oxygen atoms in total. The average Bonchev–Trinajstić information content (AvgIpc) is 3.49. The van der Waals surface area contributed by atoms with Crippen LogP contribution in [0.5, 0.6) is 5.75 Å². The molecule has 4 atom stereocenters. The van der Waals surface area contributed by atoms with Gasteiger partial charge in [0.05, 0.1) is 19.1 Å². The summed E-state index contributed by atoms with van der Waals surface area (Å²) < 4.78 is 6.25. The second-order valence-corrected chi connectivity index (χ2v) is 11.5. The normalized spacial score (nSPS) is 23.5. The lowest BCUT2D eigenvalue weighted by atomic mass is 9.62. The minimum Gasteiger partial charge on any atom is -0.497 e. The number of fused-ring (bicyclic) bond motifs is 6. The SMILES string of the molecule is COc1cccc(C(=O)C2C(C(=O)c3ccc(Br)cc3)C3(C(=O)Nc4ccccc43)C3c4ccccc4C=CN23)c1. The number of halogens is 1. The molecule has 1 saturated heterocycles. The molecule has 1 N–H and O–H groups in total. The van der Waals surface area contributed by atoms with Crippen molar-refractivity contribution in [3.63, 3.8) is 0 Å². The van der Waals surface area contributed by atoms with Gasteiger partial charge in [-0.15, -0.1) is 0 Å². The Kier molecular flexibility index (Phi) is 5.94. The van der Waals surface area contributed by atoms with Crippen LogP contribution >= 0.6 is 15.9 Å². The molecule has 0 aliphatic carbocycles. The van der Waals surface area contributed by atoms with Gasteiger partial charge in [0.25, 0.3) is 0 Å². The van der Waals surface area contributed by atoms with Crippen LogP contribution in [0.3, 0.4) is 0 Å². The Hall–Kier alpha value is -4.49. The van der Waals surface area contributed by atoms with E-state index in [2.05, 4.69) is 21.2 Å². The van der Waals surface area contributed by atoms with E-state index in [0.29, 0.717) is 22.6 Å². The number of para-hydroxylation sites is 1. The number of carbonyl (C=O) groups excluding carboxylic acids is 3. The van der Waals surface area contributed by atoms with Crippen molar-refractivity contribution in [2.75, 3.05) is 12.4 Å². The molecule has 4 unspecified atom stereocenters. The summed E-state index contributed by atoms with van der Waals surface area (Å²) in [6.45, 7) is 0. The number of benzene rings is 4. The molecule has 0 saturated carbocycles. The second kappa shape index (κ2) is 9.56. The number of anilines is 1.